The third-order valence-electron chi connectivity index (χ3n) is 1.25. The lowest BCUT2D eigenvalue weighted by atomic mass is 10.1. The molecule has 0 spiro atoms. The fourth-order valence-corrected chi connectivity index (χ4v) is 0.598. The lowest BCUT2D eigenvalue weighted by Crippen LogP contribution is -2.38. The van der Waals surface area contributed by atoms with Gasteiger partial charge in [-0.1, -0.05) is 0 Å². The SMILES string of the molecule is COCCC(=O)NCC(C)(C)O. The third-order valence-corrected chi connectivity index (χ3v) is 1.25. The highest BCUT2D eigenvalue weighted by Crippen LogP contribution is 1.97. The first-order chi connectivity index (χ1) is 5.45. The average Bonchev–Trinajstić information content (AvgIpc) is 1.95. The van der Waals surface area contributed by atoms with Crippen molar-refractivity contribution in [2.75, 3.05) is 20.3 Å². The average molecular weight is 175 g/mol. The van der Waals surface area contributed by atoms with E-state index in [4.69, 9.17) is 4.74 Å². The summed E-state index contributed by atoms with van der Waals surface area (Å²) in [5.41, 5.74) is -0.845. The Bertz CT molecular complexity index is 140. The molecule has 12 heavy (non-hydrogen) atoms. The van der Waals surface area contributed by atoms with Crippen molar-refractivity contribution >= 4 is 5.91 Å². The molecule has 0 aliphatic rings. The first-order valence-corrected chi connectivity index (χ1v) is 3.94. The predicted octanol–water partition coefficient (Wildman–Crippen LogP) is -0.0900. The van der Waals surface area contributed by atoms with Gasteiger partial charge in [-0.2, -0.15) is 0 Å². The maximum atomic E-state index is 10.9. The minimum Gasteiger partial charge on any atom is -0.389 e. The van der Waals surface area contributed by atoms with Crippen LogP contribution in [0.3, 0.4) is 0 Å². The third kappa shape index (κ3) is 7.50. The number of ether oxygens (including phenoxy) is 1. The molecule has 2 N–H and O–H groups in total. The van der Waals surface area contributed by atoms with E-state index < -0.39 is 5.60 Å². The first kappa shape index (κ1) is 11.4. The Kier molecular flexibility index (Phi) is 4.85. The van der Waals surface area contributed by atoms with Gasteiger partial charge in [-0.3, -0.25) is 4.79 Å². The Balaban J connectivity index is 3.44. The second-order valence-electron chi connectivity index (χ2n) is 3.33. The number of carbonyl (C=O) groups excluding carboxylic acids is 1. The van der Waals surface area contributed by atoms with Crippen LogP contribution >= 0.6 is 0 Å². The van der Waals surface area contributed by atoms with Gasteiger partial charge in [0.1, 0.15) is 0 Å². The predicted molar refractivity (Wildman–Crippen MR) is 45.8 cm³/mol. The van der Waals surface area contributed by atoms with Crippen molar-refractivity contribution in [2.24, 2.45) is 0 Å². The number of hydrogen-bond acceptors (Lipinski definition) is 3. The van der Waals surface area contributed by atoms with E-state index in [1.165, 1.54) is 0 Å². The molecular weight excluding hydrogens is 158 g/mol. The molecule has 72 valence electrons. The number of hydrogen-bond donors (Lipinski definition) is 2. The Morgan fingerprint density at radius 3 is 2.58 bits per heavy atom. The number of methoxy groups -OCH3 is 1. The van der Waals surface area contributed by atoms with E-state index in [1.807, 2.05) is 0 Å². The zero-order chi connectivity index (χ0) is 9.61. The second-order valence-corrected chi connectivity index (χ2v) is 3.33. The van der Waals surface area contributed by atoms with Crippen LogP contribution in [0.4, 0.5) is 0 Å². The van der Waals surface area contributed by atoms with Gasteiger partial charge in [0.2, 0.25) is 5.91 Å². The Labute approximate surface area is 72.9 Å². The molecule has 0 rings (SSSR count). The number of nitrogens with one attached hydrogen (secondary N) is 1. The summed E-state index contributed by atoms with van der Waals surface area (Å²) < 4.78 is 4.72. The molecule has 0 aromatic rings. The Morgan fingerprint density at radius 2 is 2.17 bits per heavy atom. The molecule has 0 radical (unpaired) electrons. The van der Waals surface area contributed by atoms with E-state index in [1.54, 1.807) is 21.0 Å². The van der Waals surface area contributed by atoms with Crippen molar-refractivity contribution in [3.8, 4) is 0 Å². The fraction of sp³-hybridized carbons (Fsp3) is 0.875. The first-order valence-electron chi connectivity index (χ1n) is 3.94. The molecule has 1 amide bonds. The quantitative estimate of drug-likeness (QED) is 0.614. The number of amides is 1. The van der Waals surface area contributed by atoms with E-state index in [9.17, 15) is 9.90 Å². The molecule has 0 saturated heterocycles. The summed E-state index contributed by atoms with van der Waals surface area (Å²) in [6.45, 7) is 3.97. The van der Waals surface area contributed by atoms with Crippen LogP contribution in [0.25, 0.3) is 0 Å². The minimum atomic E-state index is -0.845. The molecule has 0 saturated carbocycles. The van der Waals surface area contributed by atoms with E-state index in [0.29, 0.717) is 13.0 Å². The molecule has 0 heterocycles. The van der Waals surface area contributed by atoms with Crippen molar-refractivity contribution in [3.63, 3.8) is 0 Å². The van der Waals surface area contributed by atoms with Crippen LogP contribution in [-0.4, -0.2) is 36.9 Å². The van der Waals surface area contributed by atoms with E-state index in [-0.39, 0.29) is 12.5 Å². The van der Waals surface area contributed by atoms with E-state index >= 15 is 0 Å². The molecule has 0 aliphatic heterocycles. The monoisotopic (exact) mass is 175 g/mol. The van der Waals surface area contributed by atoms with Crippen LogP contribution in [0.5, 0.6) is 0 Å². The van der Waals surface area contributed by atoms with Crippen LogP contribution in [0.15, 0.2) is 0 Å². The maximum absolute atomic E-state index is 10.9. The lowest BCUT2D eigenvalue weighted by molar-refractivity contribution is -0.122. The van der Waals surface area contributed by atoms with Gasteiger partial charge in [-0.05, 0) is 13.8 Å². The van der Waals surface area contributed by atoms with Gasteiger partial charge < -0.3 is 15.2 Å². The Hall–Kier alpha value is -0.610. The van der Waals surface area contributed by atoms with Gasteiger partial charge in [-0.25, -0.2) is 0 Å². The van der Waals surface area contributed by atoms with E-state index in [2.05, 4.69) is 5.32 Å². The molecule has 4 nitrogen and oxygen atoms in total. The van der Waals surface area contributed by atoms with Crippen LogP contribution in [0, 0.1) is 0 Å². The zero-order valence-corrected chi connectivity index (χ0v) is 7.89. The zero-order valence-electron chi connectivity index (χ0n) is 7.89. The molecular formula is C8H17NO3. The van der Waals surface area contributed by atoms with Crippen molar-refractivity contribution < 1.29 is 14.6 Å². The molecule has 0 aromatic carbocycles. The van der Waals surface area contributed by atoms with Gasteiger partial charge in [0.05, 0.1) is 12.2 Å². The summed E-state index contributed by atoms with van der Waals surface area (Å²) in [6, 6.07) is 0. The molecule has 0 unspecified atom stereocenters. The lowest BCUT2D eigenvalue weighted by Gasteiger charge is -2.17. The van der Waals surface area contributed by atoms with Crippen molar-refractivity contribution in [3.05, 3.63) is 0 Å². The van der Waals surface area contributed by atoms with Gasteiger partial charge in [0.15, 0.2) is 0 Å². The summed E-state index contributed by atoms with van der Waals surface area (Å²) in [4.78, 5) is 10.9. The summed E-state index contributed by atoms with van der Waals surface area (Å²) in [5, 5.41) is 11.8. The summed E-state index contributed by atoms with van der Waals surface area (Å²) in [5.74, 6) is -0.0982. The second kappa shape index (κ2) is 5.11. The molecule has 0 bridgehead atoms. The fourth-order valence-electron chi connectivity index (χ4n) is 0.598. The van der Waals surface area contributed by atoms with Crippen LogP contribution in [-0.2, 0) is 9.53 Å². The summed E-state index contributed by atoms with van der Waals surface area (Å²) in [7, 11) is 1.54. The highest BCUT2D eigenvalue weighted by molar-refractivity contribution is 5.75. The molecule has 4 heteroatoms. The standard InChI is InChI=1S/C8H17NO3/c1-8(2,11)6-9-7(10)4-5-12-3/h11H,4-6H2,1-3H3,(H,9,10). The Morgan fingerprint density at radius 1 is 1.58 bits per heavy atom. The van der Waals surface area contributed by atoms with Crippen LogP contribution in [0.1, 0.15) is 20.3 Å². The van der Waals surface area contributed by atoms with E-state index in [0.717, 1.165) is 0 Å². The number of carbonyl (C=O) groups is 1. The molecule has 0 atom stereocenters. The smallest absolute Gasteiger partial charge is 0.222 e. The van der Waals surface area contributed by atoms with Crippen molar-refractivity contribution in [2.45, 2.75) is 25.9 Å². The highest BCUT2D eigenvalue weighted by Gasteiger charge is 2.13. The van der Waals surface area contributed by atoms with Crippen LogP contribution < -0.4 is 5.32 Å². The largest absolute Gasteiger partial charge is 0.389 e. The van der Waals surface area contributed by atoms with Gasteiger partial charge in [0.25, 0.3) is 0 Å². The molecule has 0 aliphatic carbocycles. The molecule has 0 fully saturated rings. The molecule has 0 aromatic heterocycles. The summed E-state index contributed by atoms with van der Waals surface area (Å²) in [6.07, 6.45) is 0.340. The number of aliphatic hydroxyl groups is 1. The minimum absolute atomic E-state index is 0.0982. The topological polar surface area (TPSA) is 58.6 Å². The van der Waals surface area contributed by atoms with Gasteiger partial charge in [0, 0.05) is 20.1 Å². The van der Waals surface area contributed by atoms with Gasteiger partial charge in [-0.15, -0.1) is 0 Å². The van der Waals surface area contributed by atoms with Gasteiger partial charge >= 0.3 is 0 Å². The van der Waals surface area contributed by atoms with Crippen LogP contribution in [0.2, 0.25) is 0 Å². The van der Waals surface area contributed by atoms with Crippen molar-refractivity contribution in [1.29, 1.82) is 0 Å². The number of rotatable bonds is 5. The highest BCUT2D eigenvalue weighted by atomic mass is 16.5. The normalized spacial score (nSPS) is 11.3. The van der Waals surface area contributed by atoms with Crippen molar-refractivity contribution in [1.82, 2.24) is 5.32 Å². The maximum Gasteiger partial charge on any atom is 0.222 e. The summed E-state index contributed by atoms with van der Waals surface area (Å²) >= 11 is 0.